The molecule has 0 spiro atoms. The van der Waals surface area contributed by atoms with Crippen molar-refractivity contribution in [2.45, 2.75) is 19.8 Å². The predicted molar refractivity (Wildman–Crippen MR) is 40.8 cm³/mol. The van der Waals surface area contributed by atoms with E-state index in [4.69, 9.17) is 5.73 Å². The Morgan fingerprint density at radius 3 is 2.27 bits per heavy atom. The fraction of sp³-hybridized carbons (Fsp3) is 0.500. The van der Waals surface area contributed by atoms with Crippen LogP contribution in [0, 0.1) is 6.92 Å². The second-order valence-electron chi connectivity index (χ2n) is 2.35. The molecule has 0 saturated heterocycles. The molecule has 0 bridgehead atoms. The Morgan fingerprint density at radius 2 is 2.09 bits per heavy atom. The quantitative estimate of drug-likeness (QED) is 0.715. The molecule has 0 aromatic carbocycles. The number of anilines is 1. The van der Waals surface area contributed by atoms with Gasteiger partial charge in [0.25, 0.3) is 5.92 Å². The van der Waals surface area contributed by atoms with E-state index in [9.17, 15) is 8.78 Å². The van der Waals surface area contributed by atoms with Crippen molar-refractivity contribution in [1.82, 2.24) is 4.98 Å². The molecular formula is C6H8F2N2S. The summed E-state index contributed by atoms with van der Waals surface area (Å²) >= 11 is 1.08. The van der Waals surface area contributed by atoms with E-state index < -0.39 is 5.92 Å². The first-order valence-electron chi connectivity index (χ1n) is 3.02. The minimum atomic E-state index is -2.88. The summed E-state index contributed by atoms with van der Waals surface area (Å²) in [5.74, 6) is -2.88. The molecular weight excluding hydrogens is 170 g/mol. The van der Waals surface area contributed by atoms with Crippen molar-refractivity contribution in [3.63, 3.8) is 0 Å². The van der Waals surface area contributed by atoms with Crippen molar-refractivity contribution in [2.24, 2.45) is 0 Å². The Morgan fingerprint density at radius 1 is 1.55 bits per heavy atom. The number of halogens is 2. The zero-order chi connectivity index (χ0) is 8.65. The van der Waals surface area contributed by atoms with Crippen LogP contribution in [0.25, 0.3) is 0 Å². The first kappa shape index (κ1) is 8.39. The first-order chi connectivity index (χ1) is 4.91. The second kappa shape index (κ2) is 2.41. The van der Waals surface area contributed by atoms with Crippen molar-refractivity contribution >= 4 is 16.5 Å². The molecule has 2 nitrogen and oxygen atoms in total. The predicted octanol–water partition coefficient (Wildman–Crippen LogP) is 2.15. The molecule has 62 valence electrons. The standard InChI is InChI=1S/C6H8F2N2S/c1-3-4(6(2,7)8)10-5(9)11-3/h1-2H3,(H2,9,10). The maximum absolute atomic E-state index is 12.6. The fourth-order valence-electron chi connectivity index (χ4n) is 0.824. The molecule has 0 fully saturated rings. The molecule has 0 aliphatic carbocycles. The summed E-state index contributed by atoms with van der Waals surface area (Å²) in [4.78, 5) is 4.01. The summed E-state index contributed by atoms with van der Waals surface area (Å²) in [5, 5.41) is 0.194. The lowest BCUT2D eigenvalue weighted by Gasteiger charge is -2.06. The van der Waals surface area contributed by atoms with E-state index in [-0.39, 0.29) is 10.8 Å². The smallest absolute Gasteiger partial charge is 0.288 e. The average molecular weight is 178 g/mol. The van der Waals surface area contributed by atoms with Crippen LogP contribution in [0.4, 0.5) is 13.9 Å². The van der Waals surface area contributed by atoms with Gasteiger partial charge >= 0.3 is 0 Å². The Kier molecular flexibility index (Phi) is 1.83. The van der Waals surface area contributed by atoms with E-state index in [2.05, 4.69) is 4.98 Å². The highest BCUT2D eigenvalue weighted by atomic mass is 32.1. The van der Waals surface area contributed by atoms with Gasteiger partial charge < -0.3 is 5.73 Å². The molecule has 0 aliphatic rings. The normalized spacial score (nSPS) is 12.0. The summed E-state index contributed by atoms with van der Waals surface area (Å²) < 4.78 is 25.2. The molecule has 11 heavy (non-hydrogen) atoms. The highest BCUT2D eigenvalue weighted by Gasteiger charge is 2.29. The average Bonchev–Trinajstić information content (AvgIpc) is 2.08. The van der Waals surface area contributed by atoms with Gasteiger partial charge in [-0.15, -0.1) is 11.3 Å². The van der Waals surface area contributed by atoms with Gasteiger partial charge in [-0.1, -0.05) is 0 Å². The van der Waals surface area contributed by atoms with Crippen LogP contribution in [0.15, 0.2) is 0 Å². The van der Waals surface area contributed by atoms with E-state index in [1.165, 1.54) is 0 Å². The zero-order valence-corrected chi connectivity index (χ0v) is 7.01. The van der Waals surface area contributed by atoms with Crippen LogP contribution < -0.4 is 5.73 Å². The molecule has 1 aromatic heterocycles. The van der Waals surface area contributed by atoms with Crippen LogP contribution in [0.5, 0.6) is 0 Å². The van der Waals surface area contributed by atoms with Crippen LogP contribution in [-0.4, -0.2) is 4.98 Å². The third kappa shape index (κ3) is 1.65. The third-order valence-electron chi connectivity index (χ3n) is 1.23. The number of rotatable bonds is 1. The molecule has 0 aliphatic heterocycles. The number of aryl methyl sites for hydroxylation is 1. The Bertz CT molecular complexity index is 264. The van der Waals surface area contributed by atoms with Crippen molar-refractivity contribution in [3.05, 3.63) is 10.6 Å². The molecule has 0 amide bonds. The number of hydrogen-bond donors (Lipinski definition) is 1. The monoisotopic (exact) mass is 178 g/mol. The number of aromatic nitrogens is 1. The van der Waals surface area contributed by atoms with Gasteiger partial charge in [0.05, 0.1) is 0 Å². The molecule has 1 rings (SSSR count). The van der Waals surface area contributed by atoms with Crippen LogP contribution in [0.1, 0.15) is 17.5 Å². The van der Waals surface area contributed by atoms with Gasteiger partial charge in [-0.25, -0.2) is 4.98 Å². The highest BCUT2D eigenvalue weighted by Crippen LogP contribution is 2.32. The van der Waals surface area contributed by atoms with Crippen LogP contribution >= 0.6 is 11.3 Å². The number of hydrogen-bond acceptors (Lipinski definition) is 3. The summed E-state index contributed by atoms with van der Waals surface area (Å²) in [5.41, 5.74) is 5.04. The third-order valence-corrected chi connectivity index (χ3v) is 2.03. The zero-order valence-electron chi connectivity index (χ0n) is 6.19. The second-order valence-corrected chi connectivity index (χ2v) is 3.58. The molecule has 0 atom stereocenters. The molecule has 2 N–H and O–H groups in total. The lowest BCUT2D eigenvalue weighted by atomic mass is 10.2. The van der Waals surface area contributed by atoms with E-state index in [1.54, 1.807) is 6.92 Å². The lowest BCUT2D eigenvalue weighted by Crippen LogP contribution is -2.09. The van der Waals surface area contributed by atoms with Crippen LogP contribution in [-0.2, 0) is 5.92 Å². The topological polar surface area (TPSA) is 38.9 Å². The maximum atomic E-state index is 12.6. The summed E-state index contributed by atoms with van der Waals surface area (Å²) in [7, 11) is 0. The van der Waals surface area contributed by atoms with Gasteiger partial charge in [-0.05, 0) is 6.92 Å². The van der Waals surface area contributed by atoms with Crippen molar-refractivity contribution in [1.29, 1.82) is 0 Å². The number of thiazole rings is 1. The number of nitrogens with two attached hydrogens (primary N) is 1. The summed E-state index contributed by atoms with van der Waals surface area (Å²) in [6.45, 7) is 2.40. The van der Waals surface area contributed by atoms with Gasteiger partial charge in [-0.3, -0.25) is 0 Å². The van der Waals surface area contributed by atoms with Gasteiger partial charge in [0, 0.05) is 11.8 Å². The molecule has 1 heterocycles. The van der Waals surface area contributed by atoms with Crippen LogP contribution in [0.2, 0.25) is 0 Å². The van der Waals surface area contributed by atoms with E-state index in [0.717, 1.165) is 18.3 Å². The molecule has 0 radical (unpaired) electrons. The maximum Gasteiger partial charge on any atom is 0.288 e. The SMILES string of the molecule is Cc1sc(N)nc1C(C)(F)F. The number of nitrogen functional groups attached to an aromatic ring is 1. The molecule has 0 unspecified atom stereocenters. The Hall–Kier alpha value is -0.710. The van der Waals surface area contributed by atoms with Crippen LogP contribution in [0.3, 0.4) is 0 Å². The molecule has 0 saturated carbocycles. The minimum Gasteiger partial charge on any atom is -0.375 e. The lowest BCUT2D eigenvalue weighted by molar-refractivity contribution is 0.0129. The van der Waals surface area contributed by atoms with Crippen molar-refractivity contribution < 1.29 is 8.78 Å². The van der Waals surface area contributed by atoms with Crippen molar-refractivity contribution in [3.8, 4) is 0 Å². The number of nitrogens with zero attached hydrogens (tertiary/aromatic N) is 1. The van der Waals surface area contributed by atoms with Gasteiger partial charge in [-0.2, -0.15) is 8.78 Å². The van der Waals surface area contributed by atoms with Crippen molar-refractivity contribution in [2.75, 3.05) is 5.73 Å². The fourth-order valence-corrected chi connectivity index (χ4v) is 1.60. The van der Waals surface area contributed by atoms with Gasteiger partial charge in [0.1, 0.15) is 5.69 Å². The van der Waals surface area contributed by atoms with E-state index in [0.29, 0.717) is 4.88 Å². The Balaban J connectivity index is 3.13. The first-order valence-corrected chi connectivity index (χ1v) is 3.84. The summed E-state index contributed by atoms with van der Waals surface area (Å²) in [6.07, 6.45) is 0. The highest BCUT2D eigenvalue weighted by molar-refractivity contribution is 7.15. The summed E-state index contributed by atoms with van der Waals surface area (Å²) in [6, 6.07) is 0. The molecule has 1 aromatic rings. The minimum absolute atomic E-state index is 0.194. The van der Waals surface area contributed by atoms with E-state index >= 15 is 0 Å². The van der Waals surface area contributed by atoms with Gasteiger partial charge in [0.15, 0.2) is 5.13 Å². The molecule has 5 heteroatoms. The number of alkyl halides is 2. The van der Waals surface area contributed by atoms with Gasteiger partial charge in [0.2, 0.25) is 0 Å². The van der Waals surface area contributed by atoms with E-state index in [1.807, 2.05) is 0 Å². The largest absolute Gasteiger partial charge is 0.375 e. The Labute approximate surface area is 67.1 Å².